The molecule has 0 aliphatic carbocycles. The van der Waals surface area contributed by atoms with Crippen molar-refractivity contribution in [2.75, 3.05) is 32.8 Å². The molecule has 1 aliphatic heterocycles. The smallest absolute Gasteiger partial charge is 0.409 e. The monoisotopic (exact) mass is 362 g/mol. The van der Waals surface area contributed by atoms with Crippen molar-refractivity contribution >= 4 is 17.7 Å². The summed E-state index contributed by atoms with van der Waals surface area (Å²) < 4.78 is 5.09. The van der Waals surface area contributed by atoms with Crippen molar-refractivity contribution in [2.24, 2.45) is 5.41 Å². The standard InChI is InChI=1S/C20H27ClN2O2/c1-5-25-19(24)23-13-11-22(12-14-23)18(20(2,3)4)10-9-16-7-6-8-17(21)15-16/h6-8,15,18H,5,11-14H2,1-4H3. The minimum absolute atomic E-state index is 0.0116. The van der Waals surface area contributed by atoms with Gasteiger partial charge in [0.05, 0.1) is 12.6 Å². The first-order valence-corrected chi connectivity index (χ1v) is 9.12. The average molecular weight is 363 g/mol. The second-order valence-corrected chi connectivity index (χ2v) is 7.71. The second kappa shape index (κ2) is 8.60. The molecule has 5 heteroatoms. The van der Waals surface area contributed by atoms with Gasteiger partial charge in [-0.05, 0) is 30.5 Å². The van der Waals surface area contributed by atoms with E-state index in [4.69, 9.17) is 16.3 Å². The third-order valence-electron chi connectivity index (χ3n) is 4.20. The lowest BCUT2D eigenvalue weighted by molar-refractivity contribution is 0.0554. The number of carbonyl (C=O) groups is 1. The van der Waals surface area contributed by atoms with Gasteiger partial charge >= 0.3 is 6.09 Å². The number of halogens is 1. The molecule has 0 N–H and O–H groups in total. The molecule has 1 atom stereocenters. The summed E-state index contributed by atoms with van der Waals surface area (Å²) in [6, 6.07) is 7.72. The lowest BCUT2D eigenvalue weighted by atomic mass is 9.85. The fourth-order valence-electron chi connectivity index (χ4n) is 2.95. The highest BCUT2D eigenvalue weighted by atomic mass is 35.5. The fourth-order valence-corrected chi connectivity index (χ4v) is 3.14. The van der Waals surface area contributed by atoms with E-state index in [9.17, 15) is 4.79 Å². The van der Waals surface area contributed by atoms with E-state index in [1.54, 1.807) is 4.90 Å². The summed E-state index contributed by atoms with van der Waals surface area (Å²) in [6.45, 7) is 11.8. The van der Waals surface area contributed by atoms with Crippen LogP contribution in [0, 0.1) is 17.3 Å². The highest BCUT2D eigenvalue weighted by Crippen LogP contribution is 2.25. The van der Waals surface area contributed by atoms with E-state index >= 15 is 0 Å². The molecule has 1 aromatic rings. The maximum Gasteiger partial charge on any atom is 0.409 e. The highest BCUT2D eigenvalue weighted by Gasteiger charge is 2.32. The zero-order valence-electron chi connectivity index (χ0n) is 15.5. The van der Waals surface area contributed by atoms with Crippen LogP contribution in [0.4, 0.5) is 4.79 Å². The van der Waals surface area contributed by atoms with Gasteiger partial charge in [-0.1, -0.05) is 50.3 Å². The Balaban J connectivity index is 2.09. The SMILES string of the molecule is CCOC(=O)N1CCN(C(C#Cc2cccc(Cl)c2)C(C)(C)C)CC1. The van der Waals surface area contributed by atoms with Crippen molar-refractivity contribution in [1.82, 2.24) is 9.80 Å². The van der Waals surface area contributed by atoms with Gasteiger partial charge in [0.2, 0.25) is 0 Å². The van der Waals surface area contributed by atoms with Crippen molar-refractivity contribution < 1.29 is 9.53 Å². The molecule has 1 amide bonds. The van der Waals surface area contributed by atoms with E-state index in [0.717, 1.165) is 18.7 Å². The summed E-state index contributed by atoms with van der Waals surface area (Å²) in [5.74, 6) is 6.69. The second-order valence-electron chi connectivity index (χ2n) is 7.27. The molecule has 0 saturated carbocycles. The Morgan fingerprint density at radius 1 is 1.28 bits per heavy atom. The lowest BCUT2D eigenvalue weighted by Gasteiger charge is -2.41. The topological polar surface area (TPSA) is 32.8 Å². The van der Waals surface area contributed by atoms with Crippen molar-refractivity contribution in [1.29, 1.82) is 0 Å². The summed E-state index contributed by atoms with van der Waals surface area (Å²) >= 11 is 6.04. The molecule has 1 unspecified atom stereocenters. The summed E-state index contributed by atoms with van der Waals surface area (Å²) in [7, 11) is 0. The highest BCUT2D eigenvalue weighted by molar-refractivity contribution is 6.30. The van der Waals surface area contributed by atoms with Gasteiger partial charge in [-0.2, -0.15) is 0 Å². The van der Waals surface area contributed by atoms with Crippen LogP contribution in [-0.2, 0) is 4.74 Å². The van der Waals surface area contributed by atoms with E-state index in [1.807, 2.05) is 31.2 Å². The number of hydrogen-bond donors (Lipinski definition) is 0. The first kappa shape index (κ1) is 19.6. The van der Waals surface area contributed by atoms with Crippen LogP contribution in [-0.4, -0.2) is 54.7 Å². The molecule has 25 heavy (non-hydrogen) atoms. The first-order valence-electron chi connectivity index (χ1n) is 8.74. The molecular formula is C20H27ClN2O2. The van der Waals surface area contributed by atoms with Crippen molar-refractivity contribution in [3.63, 3.8) is 0 Å². The Bertz CT molecular complexity index is 650. The third-order valence-corrected chi connectivity index (χ3v) is 4.44. The summed E-state index contributed by atoms with van der Waals surface area (Å²) in [5.41, 5.74) is 0.935. The van der Waals surface area contributed by atoms with Gasteiger partial charge in [-0.25, -0.2) is 4.79 Å². The first-order chi connectivity index (χ1) is 11.8. The average Bonchev–Trinajstić information content (AvgIpc) is 2.54. The molecule has 0 bridgehead atoms. The number of carbonyl (C=O) groups excluding carboxylic acids is 1. The molecule has 1 heterocycles. The summed E-state index contributed by atoms with van der Waals surface area (Å²) in [6.07, 6.45) is -0.223. The van der Waals surface area contributed by atoms with E-state index in [1.165, 1.54) is 0 Å². The molecule has 136 valence electrons. The molecule has 4 nitrogen and oxygen atoms in total. The Hall–Kier alpha value is -1.70. The Kier molecular flexibility index (Phi) is 6.75. The van der Waals surface area contributed by atoms with Crippen LogP contribution in [0.15, 0.2) is 24.3 Å². The van der Waals surface area contributed by atoms with Crippen molar-refractivity contribution in [3.05, 3.63) is 34.9 Å². The number of rotatable bonds is 2. The molecule has 0 radical (unpaired) electrons. The van der Waals surface area contributed by atoms with Crippen LogP contribution in [0.5, 0.6) is 0 Å². The number of amides is 1. The summed E-state index contributed by atoms with van der Waals surface area (Å²) in [4.78, 5) is 16.0. The maximum absolute atomic E-state index is 11.9. The molecule has 1 fully saturated rings. The van der Waals surface area contributed by atoms with Crippen LogP contribution >= 0.6 is 11.6 Å². The van der Waals surface area contributed by atoms with Crippen LogP contribution in [0.2, 0.25) is 5.02 Å². The number of ether oxygens (including phenoxy) is 1. The van der Waals surface area contributed by atoms with Gasteiger partial charge in [0.1, 0.15) is 0 Å². The van der Waals surface area contributed by atoms with Crippen LogP contribution in [0.25, 0.3) is 0 Å². The zero-order chi connectivity index (χ0) is 18.4. The minimum Gasteiger partial charge on any atom is -0.450 e. The quantitative estimate of drug-likeness (QED) is 0.748. The predicted octanol–water partition coefficient (Wildman–Crippen LogP) is 3.88. The molecule has 0 aromatic heterocycles. The number of benzene rings is 1. The molecular weight excluding hydrogens is 336 g/mol. The van der Waals surface area contributed by atoms with E-state index < -0.39 is 0 Å². The summed E-state index contributed by atoms with van der Waals surface area (Å²) in [5, 5.41) is 0.696. The van der Waals surface area contributed by atoms with Gasteiger partial charge in [0.15, 0.2) is 0 Å². The molecule has 2 rings (SSSR count). The van der Waals surface area contributed by atoms with Gasteiger partial charge in [-0.3, -0.25) is 4.90 Å². The Labute approximate surface area is 156 Å². The number of piperazine rings is 1. The largest absolute Gasteiger partial charge is 0.450 e. The number of hydrogen-bond acceptors (Lipinski definition) is 3. The number of nitrogens with zero attached hydrogens (tertiary/aromatic N) is 2. The minimum atomic E-state index is -0.223. The van der Waals surface area contributed by atoms with Gasteiger partial charge < -0.3 is 9.64 Å². The van der Waals surface area contributed by atoms with Gasteiger partial charge in [0.25, 0.3) is 0 Å². The van der Waals surface area contributed by atoms with Crippen LogP contribution in [0.3, 0.4) is 0 Å². The Morgan fingerprint density at radius 2 is 1.96 bits per heavy atom. The molecule has 1 aromatic carbocycles. The lowest BCUT2D eigenvalue weighted by Crippen LogP contribution is -2.54. The van der Waals surface area contributed by atoms with E-state index in [2.05, 4.69) is 37.5 Å². The third kappa shape index (κ3) is 5.66. The molecule has 1 aliphatic rings. The van der Waals surface area contributed by atoms with Gasteiger partial charge in [-0.15, -0.1) is 0 Å². The Morgan fingerprint density at radius 3 is 2.52 bits per heavy atom. The normalized spacial score (nSPS) is 16.8. The maximum atomic E-state index is 11.9. The predicted molar refractivity (Wildman–Crippen MR) is 102 cm³/mol. The zero-order valence-corrected chi connectivity index (χ0v) is 16.3. The van der Waals surface area contributed by atoms with Crippen molar-refractivity contribution in [2.45, 2.75) is 33.7 Å². The van der Waals surface area contributed by atoms with Crippen LogP contribution in [0.1, 0.15) is 33.3 Å². The van der Waals surface area contributed by atoms with E-state index in [-0.39, 0.29) is 17.6 Å². The van der Waals surface area contributed by atoms with Crippen LogP contribution < -0.4 is 0 Å². The van der Waals surface area contributed by atoms with E-state index in [0.29, 0.717) is 24.7 Å². The molecule has 1 saturated heterocycles. The molecule has 0 spiro atoms. The van der Waals surface area contributed by atoms with Gasteiger partial charge in [0, 0.05) is 36.8 Å². The fraction of sp³-hybridized carbons (Fsp3) is 0.550. The van der Waals surface area contributed by atoms with Crippen molar-refractivity contribution in [3.8, 4) is 11.8 Å².